The Morgan fingerprint density at radius 3 is 2.74 bits per heavy atom. The fraction of sp³-hybridized carbons (Fsp3) is 0.214. The zero-order chi connectivity index (χ0) is 13.5. The van der Waals surface area contributed by atoms with Crippen LogP contribution >= 0.6 is 0 Å². The van der Waals surface area contributed by atoms with E-state index in [0.717, 1.165) is 5.56 Å². The number of benzene rings is 1. The van der Waals surface area contributed by atoms with Gasteiger partial charge in [0.05, 0.1) is 12.2 Å². The molecular formula is C14H15N3O2. The fourth-order valence-electron chi connectivity index (χ4n) is 1.65. The quantitative estimate of drug-likeness (QED) is 0.826. The summed E-state index contributed by atoms with van der Waals surface area (Å²) >= 11 is 0. The predicted octanol–water partition coefficient (Wildman–Crippen LogP) is 0.696. The van der Waals surface area contributed by atoms with Crippen molar-refractivity contribution in [3.8, 4) is 0 Å². The van der Waals surface area contributed by atoms with Gasteiger partial charge in [0.2, 0.25) is 5.91 Å². The van der Waals surface area contributed by atoms with Gasteiger partial charge < -0.3 is 10.4 Å². The third-order valence-electron chi connectivity index (χ3n) is 2.66. The highest BCUT2D eigenvalue weighted by Gasteiger charge is 2.15. The van der Waals surface area contributed by atoms with Gasteiger partial charge in [0.15, 0.2) is 0 Å². The summed E-state index contributed by atoms with van der Waals surface area (Å²) in [6.07, 6.45) is 2.27. The van der Waals surface area contributed by atoms with Crippen molar-refractivity contribution in [3.05, 3.63) is 60.2 Å². The number of nitrogens with one attached hydrogen (secondary N) is 1. The molecule has 1 amide bonds. The lowest BCUT2D eigenvalue weighted by atomic mass is 10.1. The van der Waals surface area contributed by atoms with E-state index in [1.54, 1.807) is 12.3 Å². The fourth-order valence-corrected chi connectivity index (χ4v) is 1.65. The predicted molar refractivity (Wildman–Crippen MR) is 70.0 cm³/mol. The van der Waals surface area contributed by atoms with Crippen molar-refractivity contribution in [2.75, 3.05) is 0 Å². The Morgan fingerprint density at radius 2 is 2.05 bits per heavy atom. The van der Waals surface area contributed by atoms with Crippen LogP contribution in [0.1, 0.15) is 11.3 Å². The molecule has 19 heavy (non-hydrogen) atoms. The van der Waals surface area contributed by atoms with Gasteiger partial charge in [-0.2, -0.15) is 0 Å². The molecule has 1 aromatic carbocycles. The maximum absolute atomic E-state index is 11.7. The number of hydrogen-bond acceptors (Lipinski definition) is 4. The number of nitrogens with zero attached hydrogens (tertiary/aromatic N) is 2. The Bertz CT molecular complexity index is 517. The standard InChI is InChI=1S/C14H15N3O2/c18-13(8-11-4-2-1-3-5-11)14(19)16-9-12-6-7-15-10-17-12/h1-7,10,13,18H,8-9H2,(H,16,19)/t13-/m0/s1. The second kappa shape index (κ2) is 6.61. The van der Waals surface area contributed by atoms with Gasteiger partial charge in [-0.25, -0.2) is 9.97 Å². The number of aromatic nitrogens is 2. The first-order chi connectivity index (χ1) is 9.25. The molecule has 2 N–H and O–H groups in total. The number of hydrogen-bond donors (Lipinski definition) is 2. The molecule has 0 unspecified atom stereocenters. The van der Waals surface area contributed by atoms with E-state index in [0.29, 0.717) is 12.1 Å². The normalized spacial score (nSPS) is 11.8. The number of rotatable bonds is 5. The number of amides is 1. The molecule has 1 heterocycles. The lowest BCUT2D eigenvalue weighted by Gasteiger charge is -2.11. The minimum absolute atomic E-state index is 0.285. The van der Waals surface area contributed by atoms with Gasteiger partial charge in [-0.15, -0.1) is 0 Å². The second-order valence-corrected chi connectivity index (χ2v) is 4.12. The summed E-state index contributed by atoms with van der Waals surface area (Å²) in [4.78, 5) is 19.5. The summed E-state index contributed by atoms with van der Waals surface area (Å²) in [7, 11) is 0. The highest BCUT2D eigenvalue weighted by Crippen LogP contribution is 2.03. The van der Waals surface area contributed by atoms with Gasteiger partial charge in [0.1, 0.15) is 12.4 Å². The maximum atomic E-state index is 11.7. The van der Waals surface area contributed by atoms with Gasteiger partial charge in [0.25, 0.3) is 0 Å². The third-order valence-corrected chi connectivity index (χ3v) is 2.66. The van der Waals surface area contributed by atoms with Gasteiger partial charge >= 0.3 is 0 Å². The SMILES string of the molecule is O=C(NCc1ccncn1)[C@@H](O)Cc1ccccc1. The zero-order valence-electron chi connectivity index (χ0n) is 10.4. The molecule has 0 saturated heterocycles. The molecule has 1 aromatic heterocycles. The molecule has 98 valence electrons. The van der Waals surface area contributed by atoms with Crippen LogP contribution in [-0.4, -0.2) is 27.1 Å². The van der Waals surface area contributed by atoms with Crippen LogP contribution in [0.15, 0.2) is 48.9 Å². The molecule has 0 fully saturated rings. The van der Waals surface area contributed by atoms with Crippen LogP contribution < -0.4 is 5.32 Å². The molecule has 0 radical (unpaired) electrons. The van der Waals surface area contributed by atoms with Crippen LogP contribution in [0.4, 0.5) is 0 Å². The van der Waals surface area contributed by atoms with E-state index < -0.39 is 12.0 Å². The number of aliphatic hydroxyl groups excluding tert-OH is 1. The van der Waals surface area contributed by atoms with Crippen LogP contribution in [0.3, 0.4) is 0 Å². The van der Waals surface area contributed by atoms with Crippen LogP contribution in [0.5, 0.6) is 0 Å². The largest absolute Gasteiger partial charge is 0.383 e. The Morgan fingerprint density at radius 1 is 1.26 bits per heavy atom. The molecule has 0 spiro atoms. The Labute approximate surface area is 111 Å². The highest BCUT2D eigenvalue weighted by atomic mass is 16.3. The van der Waals surface area contributed by atoms with Crippen molar-refractivity contribution in [2.24, 2.45) is 0 Å². The van der Waals surface area contributed by atoms with Crippen molar-refractivity contribution in [3.63, 3.8) is 0 Å². The average molecular weight is 257 g/mol. The summed E-state index contributed by atoms with van der Waals surface area (Å²) in [5.41, 5.74) is 1.63. The van der Waals surface area contributed by atoms with E-state index in [1.165, 1.54) is 6.33 Å². The van der Waals surface area contributed by atoms with E-state index in [4.69, 9.17) is 0 Å². The van der Waals surface area contributed by atoms with Gasteiger partial charge in [-0.1, -0.05) is 30.3 Å². The molecule has 0 aliphatic heterocycles. The zero-order valence-corrected chi connectivity index (χ0v) is 10.4. The lowest BCUT2D eigenvalue weighted by molar-refractivity contribution is -0.129. The van der Waals surface area contributed by atoms with E-state index in [2.05, 4.69) is 15.3 Å². The van der Waals surface area contributed by atoms with Crippen LogP contribution in [0.25, 0.3) is 0 Å². The molecule has 2 aromatic rings. The van der Waals surface area contributed by atoms with E-state index in [-0.39, 0.29) is 6.54 Å². The van der Waals surface area contributed by atoms with Crippen LogP contribution in [0.2, 0.25) is 0 Å². The first-order valence-corrected chi connectivity index (χ1v) is 6.00. The second-order valence-electron chi connectivity index (χ2n) is 4.12. The number of aliphatic hydroxyl groups is 1. The number of carbonyl (C=O) groups excluding carboxylic acids is 1. The summed E-state index contributed by atoms with van der Waals surface area (Å²) in [6.45, 7) is 0.285. The molecule has 0 aliphatic carbocycles. The topological polar surface area (TPSA) is 75.1 Å². The Hall–Kier alpha value is -2.27. The summed E-state index contributed by atoms with van der Waals surface area (Å²) in [6, 6.07) is 11.1. The van der Waals surface area contributed by atoms with Crippen molar-refractivity contribution in [2.45, 2.75) is 19.1 Å². The number of carbonyl (C=O) groups is 1. The highest BCUT2D eigenvalue weighted by molar-refractivity contribution is 5.80. The summed E-state index contributed by atoms with van der Waals surface area (Å²) in [5, 5.41) is 12.4. The van der Waals surface area contributed by atoms with Crippen LogP contribution in [0, 0.1) is 0 Å². The summed E-state index contributed by atoms with van der Waals surface area (Å²) < 4.78 is 0. The first kappa shape index (κ1) is 13.2. The van der Waals surface area contributed by atoms with Gasteiger partial charge in [0, 0.05) is 12.6 Å². The average Bonchev–Trinajstić information content (AvgIpc) is 2.47. The molecule has 1 atom stereocenters. The molecule has 5 nitrogen and oxygen atoms in total. The monoisotopic (exact) mass is 257 g/mol. The Kier molecular flexibility index (Phi) is 4.58. The molecule has 2 rings (SSSR count). The molecule has 0 aliphatic rings. The van der Waals surface area contributed by atoms with Crippen molar-refractivity contribution in [1.82, 2.24) is 15.3 Å². The maximum Gasteiger partial charge on any atom is 0.249 e. The van der Waals surface area contributed by atoms with E-state index >= 15 is 0 Å². The van der Waals surface area contributed by atoms with E-state index in [1.807, 2.05) is 30.3 Å². The molecular weight excluding hydrogens is 242 g/mol. The minimum Gasteiger partial charge on any atom is -0.383 e. The van der Waals surface area contributed by atoms with Crippen molar-refractivity contribution in [1.29, 1.82) is 0 Å². The van der Waals surface area contributed by atoms with Gasteiger partial charge in [-0.3, -0.25) is 4.79 Å². The smallest absolute Gasteiger partial charge is 0.249 e. The van der Waals surface area contributed by atoms with Crippen molar-refractivity contribution >= 4 is 5.91 Å². The summed E-state index contributed by atoms with van der Waals surface area (Å²) in [5.74, 6) is -0.400. The Balaban J connectivity index is 1.83. The lowest BCUT2D eigenvalue weighted by Crippen LogP contribution is -2.35. The first-order valence-electron chi connectivity index (χ1n) is 6.00. The molecule has 5 heteroatoms. The van der Waals surface area contributed by atoms with Crippen molar-refractivity contribution < 1.29 is 9.90 Å². The van der Waals surface area contributed by atoms with Gasteiger partial charge in [-0.05, 0) is 11.6 Å². The minimum atomic E-state index is -1.05. The van der Waals surface area contributed by atoms with Crippen LogP contribution in [-0.2, 0) is 17.8 Å². The third kappa shape index (κ3) is 4.15. The molecule has 0 bridgehead atoms. The molecule has 0 saturated carbocycles. The van der Waals surface area contributed by atoms with E-state index in [9.17, 15) is 9.90 Å².